The summed E-state index contributed by atoms with van der Waals surface area (Å²) in [6.45, 7) is 0.658. The van der Waals surface area contributed by atoms with E-state index in [1.807, 2.05) is 17.2 Å². The van der Waals surface area contributed by atoms with Crippen molar-refractivity contribution in [3.63, 3.8) is 0 Å². The quantitative estimate of drug-likeness (QED) is 0.713. The fraction of sp³-hybridized carbons (Fsp3) is 0.250. The van der Waals surface area contributed by atoms with Crippen molar-refractivity contribution in [3.05, 3.63) is 65.3 Å². The lowest BCUT2D eigenvalue weighted by Crippen LogP contribution is -2.36. The summed E-state index contributed by atoms with van der Waals surface area (Å²) in [6, 6.07) is 15.7. The molecular weight excluding hydrogens is 336 g/mol. The lowest BCUT2D eigenvalue weighted by Gasteiger charge is -2.22. The van der Waals surface area contributed by atoms with Crippen LogP contribution >= 0.6 is 11.6 Å². The second kappa shape index (κ2) is 6.81. The zero-order valence-electron chi connectivity index (χ0n) is 13.7. The number of amides is 1. The van der Waals surface area contributed by atoms with E-state index < -0.39 is 0 Å². The first-order valence-electron chi connectivity index (χ1n) is 8.43. The fourth-order valence-corrected chi connectivity index (χ4v) is 3.08. The van der Waals surface area contributed by atoms with Crippen molar-refractivity contribution in [2.45, 2.75) is 25.4 Å². The number of halogens is 1. The molecule has 1 aliphatic carbocycles. The number of aromatic nitrogens is 1. The van der Waals surface area contributed by atoms with Crippen LogP contribution in [0.15, 0.2) is 54.7 Å². The molecular formula is C20H19ClN2O2. The molecule has 1 N–H and O–H groups in total. The molecule has 1 aliphatic rings. The highest BCUT2D eigenvalue weighted by molar-refractivity contribution is 6.30. The molecule has 1 fully saturated rings. The van der Waals surface area contributed by atoms with Crippen molar-refractivity contribution in [2.75, 3.05) is 6.61 Å². The molecule has 0 radical (unpaired) electrons. The maximum Gasteiger partial charge on any atom is 0.261 e. The molecule has 3 aromatic rings. The summed E-state index contributed by atoms with van der Waals surface area (Å²) in [5.41, 5.74) is 2.22. The van der Waals surface area contributed by atoms with Crippen LogP contribution in [0.4, 0.5) is 0 Å². The number of hydrogen-bond donors (Lipinski definition) is 1. The molecule has 4 nitrogen and oxygen atoms in total. The molecule has 0 spiro atoms. The molecule has 0 bridgehead atoms. The van der Waals surface area contributed by atoms with E-state index in [4.69, 9.17) is 16.3 Å². The SMILES string of the molecule is O=C(COc1ccc(Cl)cc1)N(Cc1ccc2cc[nH]c2c1)C1CC1. The molecule has 0 atom stereocenters. The van der Waals surface area contributed by atoms with E-state index in [2.05, 4.69) is 23.2 Å². The van der Waals surface area contributed by atoms with E-state index in [1.165, 1.54) is 5.39 Å². The minimum absolute atomic E-state index is 0.0176. The highest BCUT2D eigenvalue weighted by Gasteiger charge is 2.32. The maximum atomic E-state index is 12.6. The van der Waals surface area contributed by atoms with Crippen LogP contribution in [0, 0.1) is 0 Å². The average molecular weight is 355 g/mol. The van der Waals surface area contributed by atoms with Crippen molar-refractivity contribution in [3.8, 4) is 5.75 Å². The Bertz CT molecular complexity index is 884. The predicted molar refractivity (Wildman–Crippen MR) is 98.8 cm³/mol. The van der Waals surface area contributed by atoms with E-state index in [9.17, 15) is 4.79 Å². The second-order valence-electron chi connectivity index (χ2n) is 6.39. The van der Waals surface area contributed by atoms with Crippen molar-refractivity contribution in [1.29, 1.82) is 0 Å². The van der Waals surface area contributed by atoms with Gasteiger partial charge in [0.1, 0.15) is 5.75 Å². The van der Waals surface area contributed by atoms with Crippen LogP contribution in [-0.4, -0.2) is 28.4 Å². The normalized spacial score (nSPS) is 13.8. The third-order valence-corrected chi connectivity index (χ3v) is 4.71. The van der Waals surface area contributed by atoms with E-state index in [0.29, 0.717) is 23.4 Å². The lowest BCUT2D eigenvalue weighted by molar-refractivity contribution is -0.134. The minimum Gasteiger partial charge on any atom is -0.484 e. The third kappa shape index (κ3) is 3.80. The number of rotatable bonds is 6. The summed E-state index contributed by atoms with van der Waals surface area (Å²) in [6.07, 6.45) is 4.06. The molecule has 0 unspecified atom stereocenters. The molecule has 0 saturated heterocycles. The largest absolute Gasteiger partial charge is 0.484 e. The van der Waals surface area contributed by atoms with E-state index in [1.54, 1.807) is 24.3 Å². The number of carbonyl (C=O) groups excluding carboxylic acids is 1. The fourth-order valence-electron chi connectivity index (χ4n) is 2.96. The molecule has 1 amide bonds. The Morgan fingerprint density at radius 1 is 1.16 bits per heavy atom. The van der Waals surface area contributed by atoms with Gasteiger partial charge in [-0.15, -0.1) is 0 Å². The molecule has 0 aliphatic heterocycles. The van der Waals surface area contributed by atoms with Gasteiger partial charge in [0.05, 0.1) is 0 Å². The van der Waals surface area contributed by atoms with Crippen LogP contribution < -0.4 is 4.74 Å². The minimum atomic E-state index is 0.0176. The van der Waals surface area contributed by atoms with Crippen LogP contribution in [0.3, 0.4) is 0 Å². The van der Waals surface area contributed by atoms with E-state index >= 15 is 0 Å². The Hall–Kier alpha value is -2.46. The molecule has 5 heteroatoms. The zero-order valence-corrected chi connectivity index (χ0v) is 14.5. The van der Waals surface area contributed by atoms with E-state index in [0.717, 1.165) is 23.9 Å². The van der Waals surface area contributed by atoms with Gasteiger partial charge in [0.2, 0.25) is 0 Å². The Kier molecular flexibility index (Phi) is 4.36. The highest BCUT2D eigenvalue weighted by Crippen LogP contribution is 2.29. The summed E-state index contributed by atoms with van der Waals surface area (Å²) in [5.74, 6) is 0.672. The first-order chi connectivity index (χ1) is 12.2. The van der Waals surface area contributed by atoms with Gasteiger partial charge in [-0.05, 0) is 60.2 Å². The molecule has 1 heterocycles. The van der Waals surface area contributed by atoms with Gasteiger partial charge in [-0.1, -0.05) is 23.7 Å². The Labute approximate surface area is 151 Å². The first-order valence-corrected chi connectivity index (χ1v) is 8.81. The van der Waals surface area contributed by atoms with Crippen molar-refractivity contribution in [2.24, 2.45) is 0 Å². The lowest BCUT2D eigenvalue weighted by atomic mass is 10.1. The number of hydrogen-bond acceptors (Lipinski definition) is 2. The molecule has 128 valence electrons. The monoisotopic (exact) mass is 354 g/mol. The smallest absolute Gasteiger partial charge is 0.261 e. The summed E-state index contributed by atoms with van der Waals surface area (Å²) >= 11 is 5.86. The summed E-state index contributed by atoms with van der Waals surface area (Å²) in [7, 11) is 0. The van der Waals surface area contributed by atoms with Crippen LogP contribution in [0.1, 0.15) is 18.4 Å². The summed E-state index contributed by atoms with van der Waals surface area (Å²) < 4.78 is 5.62. The standard InChI is InChI=1S/C20H19ClN2O2/c21-16-3-7-18(8-4-16)25-13-20(24)23(17-5-6-17)12-14-1-2-15-9-10-22-19(15)11-14/h1-4,7-11,17,22H,5-6,12-13H2. The number of nitrogens with zero attached hydrogens (tertiary/aromatic N) is 1. The van der Waals surface area contributed by atoms with E-state index in [-0.39, 0.29) is 12.5 Å². The van der Waals surface area contributed by atoms with Crippen molar-refractivity contribution < 1.29 is 9.53 Å². The average Bonchev–Trinajstić information content (AvgIpc) is 3.36. The Balaban J connectivity index is 1.43. The predicted octanol–water partition coefficient (Wildman–Crippen LogP) is 4.39. The van der Waals surface area contributed by atoms with Crippen molar-refractivity contribution >= 4 is 28.4 Å². The van der Waals surface area contributed by atoms with Crippen molar-refractivity contribution in [1.82, 2.24) is 9.88 Å². The van der Waals surface area contributed by atoms with Crippen LogP contribution in [0.25, 0.3) is 10.9 Å². The topological polar surface area (TPSA) is 45.3 Å². The van der Waals surface area contributed by atoms with Gasteiger partial charge >= 0.3 is 0 Å². The van der Waals surface area contributed by atoms with Gasteiger partial charge in [-0.25, -0.2) is 0 Å². The highest BCUT2D eigenvalue weighted by atomic mass is 35.5. The Morgan fingerprint density at radius 2 is 1.96 bits per heavy atom. The van der Waals surface area contributed by atoms with Gasteiger partial charge in [0.15, 0.2) is 6.61 Å². The van der Waals surface area contributed by atoms with Crippen LogP contribution in [0.5, 0.6) is 5.75 Å². The van der Waals surface area contributed by atoms with Gasteiger partial charge < -0.3 is 14.6 Å². The van der Waals surface area contributed by atoms with Gasteiger partial charge in [0, 0.05) is 29.3 Å². The summed E-state index contributed by atoms with van der Waals surface area (Å²) in [5, 5.41) is 1.83. The third-order valence-electron chi connectivity index (χ3n) is 4.46. The first kappa shape index (κ1) is 16.0. The van der Waals surface area contributed by atoms with Gasteiger partial charge in [0.25, 0.3) is 5.91 Å². The number of ether oxygens (including phenoxy) is 1. The Morgan fingerprint density at radius 3 is 2.72 bits per heavy atom. The number of benzene rings is 2. The zero-order chi connectivity index (χ0) is 17.2. The molecule has 4 rings (SSSR count). The number of H-pyrrole nitrogens is 1. The second-order valence-corrected chi connectivity index (χ2v) is 6.83. The molecule has 25 heavy (non-hydrogen) atoms. The number of fused-ring (bicyclic) bond motifs is 1. The molecule has 1 saturated carbocycles. The number of aromatic amines is 1. The molecule has 2 aromatic carbocycles. The number of carbonyl (C=O) groups is 1. The van der Waals surface area contributed by atoms with Crippen LogP contribution in [0.2, 0.25) is 5.02 Å². The molecule has 1 aromatic heterocycles. The maximum absolute atomic E-state index is 12.6. The summed E-state index contributed by atoms with van der Waals surface area (Å²) in [4.78, 5) is 17.8. The van der Waals surface area contributed by atoms with Crippen LogP contribution in [-0.2, 0) is 11.3 Å². The van der Waals surface area contributed by atoms with Gasteiger partial charge in [-0.2, -0.15) is 0 Å². The van der Waals surface area contributed by atoms with Gasteiger partial charge in [-0.3, -0.25) is 4.79 Å². The number of nitrogens with one attached hydrogen (secondary N) is 1.